The number of benzene rings is 2. The average Bonchev–Trinajstić information content (AvgIpc) is 2.61. The fourth-order valence-electron chi connectivity index (χ4n) is 2.12. The SMILES string of the molecule is O=C(NC(Nc1cc(C(F)(F)F)ccc1Cl)C(Cl)(Cl)Cl)c1ccc([N+](=O)[O-])cc1. The molecule has 0 spiro atoms. The molecule has 2 aromatic rings. The number of amides is 1. The van der Waals surface area contributed by atoms with Gasteiger partial charge in [0.15, 0.2) is 0 Å². The van der Waals surface area contributed by atoms with Crippen molar-refractivity contribution in [2.45, 2.75) is 16.1 Å². The van der Waals surface area contributed by atoms with Gasteiger partial charge in [-0.1, -0.05) is 46.4 Å². The van der Waals surface area contributed by atoms with E-state index < -0.39 is 32.5 Å². The van der Waals surface area contributed by atoms with Crippen molar-refractivity contribution in [3.8, 4) is 0 Å². The number of hydrogen-bond donors (Lipinski definition) is 2. The van der Waals surface area contributed by atoms with Gasteiger partial charge in [0.25, 0.3) is 11.6 Å². The van der Waals surface area contributed by atoms with Crippen molar-refractivity contribution < 1.29 is 22.9 Å². The lowest BCUT2D eigenvalue weighted by molar-refractivity contribution is -0.384. The second kappa shape index (κ2) is 8.83. The lowest BCUT2D eigenvalue weighted by Crippen LogP contribution is -2.49. The van der Waals surface area contributed by atoms with Crippen molar-refractivity contribution in [3.05, 3.63) is 68.7 Å². The molecule has 6 nitrogen and oxygen atoms in total. The summed E-state index contributed by atoms with van der Waals surface area (Å²) in [5.41, 5.74) is -1.49. The van der Waals surface area contributed by atoms with Crippen molar-refractivity contribution in [2.75, 3.05) is 5.32 Å². The molecule has 2 N–H and O–H groups in total. The Bertz CT molecular complexity index is 918. The van der Waals surface area contributed by atoms with Crippen LogP contribution in [0.2, 0.25) is 5.02 Å². The molecule has 1 atom stereocenters. The van der Waals surface area contributed by atoms with Gasteiger partial charge >= 0.3 is 6.18 Å². The molecule has 156 valence electrons. The molecular weight excluding hydrogens is 481 g/mol. The topological polar surface area (TPSA) is 84.3 Å². The van der Waals surface area contributed by atoms with Gasteiger partial charge in [0, 0.05) is 17.7 Å². The summed E-state index contributed by atoms with van der Waals surface area (Å²) in [6.45, 7) is 0. The fraction of sp³-hybridized carbons (Fsp3) is 0.188. The van der Waals surface area contributed by atoms with Crippen LogP contribution in [-0.2, 0) is 6.18 Å². The van der Waals surface area contributed by atoms with Crippen LogP contribution in [0.3, 0.4) is 0 Å². The van der Waals surface area contributed by atoms with Gasteiger partial charge < -0.3 is 10.6 Å². The summed E-state index contributed by atoms with van der Waals surface area (Å²) in [6, 6.07) is 6.99. The largest absolute Gasteiger partial charge is 0.416 e. The molecule has 0 fully saturated rings. The number of halogens is 7. The Morgan fingerprint density at radius 2 is 1.66 bits per heavy atom. The Labute approximate surface area is 182 Å². The predicted octanol–water partition coefficient (Wildman–Crippen LogP) is 5.81. The number of carbonyl (C=O) groups is 1. The van der Waals surface area contributed by atoms with E-state index in [-0.39, 0.29) is 22.0 Å². The van der Waals surface area contributed by atoms with Gasteiger partial charge in [-0.3, -0.25) is 14.9 Å². The molecule has 0 saturated heterocycles. The van der Waals surface area contributed by atoms with Crippen molar-refractivity contribution in [1.29, 1.82) is 0 Å². The quantitative estimate of drug-likeness (QED) is 0.240. The Balaban J connectivity index is 2.27. The number of anilines is 1. The number of hydrogen-bond acceptors (Lipinski definition) is 4. The summed E-state index contributed by atoms with van der Waals surface area (Å²) in [5.74, 6) is -0.799. The van der Waals surface area contributed by atoms with Crippen LogP contribution in [-0.4, -0.2) is 20.8 Å². The van der Waals surface area contributed by atoms with E-state index in [1.165, 1.54) is 12.1 Å². The maximum atomic E-state index is 12.9. The maximum Gasteiger partial charge on any atom is 0.416 e. The lowest BCUT2D eigenvalue weighted by atomic mass is 10.2. The van der Waals surface area contributed by atoms with Gasteiger partial charge in [-0.25, -0.2) is 0 Å². The second-order valence-electron chi connectivity index (χ2n) is 5.59. The molecule has 0 heterocycles. The van der Waals surface area contributed by atoms with Crippen LogP contribution in [0.5, 0.6) is 0 Å². The highest BCUT2D eigenvalue weighted by molar-refractivity contribution is 6.68. The van der Waals surface area contributed by atoms with E-state index in [1.807, 2.05) is 0 Å². The third-order valence-electron chi connectivity index (χ3n) is 3.54. The van der Waals surface area contributed by atoms with Crippen LogP contribution in [0.1, 0.15) is 15.9 Å². The van der Waals surface area contributed by atoms with Gasteiger partial charge in [-0.2, -0.15) is 13.2 Å². The minimum Gasteiger partial charge on any atom is -0.361 e. The normalized spacial score (nSPS) is 12.9. The molecule has 1 unspecified atom stereocenters. The van der Waals surface area contributed by atoms with Crippen LogP contribution >= 0.6 is 46.4 Å². The van der Waals surface area contributed by atoms with E-state index in [4.69, 9.17) is 46.4 Å². The first-order valence-electron chi connectivity index (χ1n) is 7.54. The summed E-state index contributed by atoms with van der Waals surface area (Å²) in [7, 11) is 0. The molecule has 2 rings (SSSR count). The van der Waals surface area contributed by atoms with Crippen molar-refractivity contribution in [1.82, 2.24) is 5.32 Å². The number of nitro benzene ring substituents is 1. The fourth-order valence-corrected chi connectivity index (χ4v) is 2.62. The van der Waals surface area contributed by atoms with Gasteiger partial charge in [-0.05, 0) is 30.3 Å². The number of alkyl halides is 6. The third kappa shape index (κ3) is 6.27. The number of nitrogens with zero attached hydrogens (tertiary/aromatic N) is 1. The zero-order valence-electron chi connectivity index (χ0n) is 13.9. The van der Waals surface area contributed by atoms with Crippen LogP contribution in [0.15, 0.2) is 42.5 Å². The standard InChI is InChI=1S/C16H10Cl4F3N3O3/c17-11-6-3-9(16(21,22)23)7-12(11)24-14(15(18,19)20)25-13(27)8-1-4-10(5-2-8)26(28)29/h1-7,14,24H,(H,25,27). The summed E-state index contributed by atoms with van der Waals surface area (Å²) < 4.78 is 36.6. The first-order chi connectivity index (χ1) is 13.3. The number of nitrogens with one attached hydrogen (secondary N) is 2. The highest BCUT2D eigenvalue weighted by atomic mass is 35.6. The predicted molar refractivity (Wildman–Crippen MR) is 105 cm³/mol. The Morgan fingerprint density at radius 1 is 1.07 bits per heavy atom. The summed E-state index contributed by atoms with van der Waals surface area (Å²) in [6.07, 6.45) is -6.13. The summed E-state index contributed by atoms with van der Waals surface area (Å²) >= 11 is 23.4. The van der Waals surface area contributed by atoms with Gasteiger partial charge in [0.2, 0.25) is 3.79 Å². The van der Waals surface area contributed by atoms with E-state index in [1.54, 1.807) is 0 Å². The first kappa shape index (κ1) is 23.3. The Morgan fingerprint density at radius 3 is 2.14 bits per heavy atom. The van der Waals surface area contributed by atoms with E-state index in [0.29, 0.717) is 6.07 Å². The van der Waals surface area contributed by atoms with Gasteiger partial charge in [0.1, 0.15) is 6.17 Å². The van der Waals surface area contributed by atoms with Crippen molar-refractivity contribution in [2.24, 2.45) is 0 Å². The van der Waals surface area contributed by atoms with E-state index >= 15 is 0 Å². The van der Waals surface area contributed by atoms with E-state index in [2.05, 4.69) is 10.6 Å². The zero-order chi connectivity index (χ0) is 22.0. The number of nitro groups is 1. The Kier molecular flexibility index (Phi) is 7.10. The molecule has 0 radical (unpaired) electrons. The third-order valence-corrected chi connectivity index (χ3v) is 4.52. The molecule has 0 saturated carbocycles. The summed E-state index contributed by atoms with van der Waals surface area (Å²) in [5, 5.41) is 15.3. The molecule has 0 aromatic heterocycles. The molecule has 2 aromatic carbocycles. The molecule has 0 bridgehead atoms. The molecule has 13 heteroatoms. The van der Waals surface area contributed by atoms with Gasteiger partial charge in [0.05, 0.1) is 21.2 Å². The lowest BCUT2D eigenvalue weighted by Gasteiger charge is -2.28. The number of rotatable bonds is 5. The second-order valence-corrected chi connectivity index (χ2v) is 8.36. The van der Waals surface area contributed by atoms with Crippen LogP contribution in [0.4, 0.5) is 24.5 Å². The van der Waals surface area contributed by atoms with Crippen LogP contribution < -0.4 is 10.6 Å². The minimum absolute atomic E-state index is 0.00760. The van der Waals surface area contributed by atoms with Crippen LogP contribution in [0, 0.1) is 10.1 Å². The molecule has 29 heavy (non-hydrogen) atoms. The highest BCUT2D eigenvalue weighted by Crippen LogP contribution is 2.36. The van der Waals surface area contributed by atoms with Crippen molar-refractivity contribution >= 4 is 63.7 Å². The molecule has 0 aliphatic rings. The monoisotopic (exact) mass is 489 g/mol. The Hall–Kier alpha value is -1.94. The van der Waals surface area contributed by atoms with Crippen molar-refractivity contribution in [3.63, 3.8) is 0 Å². The molecular formula is C16H10Cl4F3N3O3. The molecule has 0 aliphatic carbocycles. The minimum atomic E-state index is -4.64. The van der Waals surface area contributed by atoms with Gasteiger partial charge in [-0.15, -0.1) is 0 Å². The number of non-ortho nitro benzene ring substituents is 1. The summed E-state index contributed by atoms with van der Waals surface area (Å²) in [4.78, 5) is 22.4. The smallest absolute Gasteiger partial charge is 0.361 e. The molecule has 0 aliphatic heterocycles. The maximum absolute atomic E-state index is 12.9. The number of carbonyl (C=O) groups excluding carboxylic acids is 1. The molecule has 1 amide bonds. The zero-order valence-corrected chi connectivity index (χ0v) is 17.0. The van der Waals surface area contributed by atoms with E-state index in [9.17, 15) is 28.1 Å². The highest BCUT2D eigenvalue weighted by Gasteiger charge is 2.36. The van der Waals surface area contributed by atoms with E-state index in [0.717, 1.165) is 24.3 Å². The first-order valence-corrected chi connectivity index (χ1v) is 9.05. The average molecular weight is 491 g/mol. The van der Waals surface area contributed by atoms with Crippen LogP contribution in [0.25, 0.3) is 0 Å².